The fourth-order valence-corrected chi connectivity index (χ4v) is 2.87. The second-order valence-corrected chi connectivity index (χ2v) is 6.72. The Kier molecular flexibility index (Phi) is 6.59. The Morgan fingerprint density at radius 3 is 2.43 bits per heavy atom. The average Bonchev–Trinajstić information content (AvgIpc) is 3.36. The third kappa shape index (κ3) is 5.27. The summed E-state index contributed by atoms with van der Waals surface area (Å²) in [5.41, 5.74) is 0. The van der Waals surface area contributed by atoms with E-state index in [1.807, 2.05) is 0 Å². The van der Waals surface area contributed by atoms with Crippen molar-refractivity contribution >= 4 is 29.9 Å². The molecule has 3 fully saturated rings. The molecule has 1 saturated heterocycles. The lowest BCUT2D eigenvalue weighted by Crippen LogP contribution is -2.48. The molecule has 5 heteroatoms. The molecule has 0 aromatic heterocycles. The van der Waals surface area contributed by atoms with Crippen molar-refractivity contribution in [3.05, 3.63) is 0 Å². The molecule has 0 aromatic carbocycles. The summed E-state index contributed by atoms with van der Waals surface area (Å²) in [7, 11) is 0. The molecular weight excluding hydrogens is 377 g/mol. The topological polar surface area (TPSA) is 36.9 Å². The highest BCUT2D eigenvalue weighted by molar-refractivity contribution is 14.0. The number of likely N-dealkylation sites (tertiary alicyclic amines) is 1. The Bertz CT molecular complexity index is 351. The monoisotopic (exact) mass is 407 g/mol. The summed E-state index contributed by atoms with van der Waals surface area (Å²) in [5.74, 6) is 2.82. The van der Waals surface area contributed by atoms with E-state index in [1.165, 1.54) is 19.3 Å². The van der Waals surface area contributed by atoms with Crippen molar-refractivity contribution in [3.8, 4) is 0 Å². The van der Waals surface area contributed by atoms with Gasteiger partial charge in [-0.15, -0.1) is 24.0 Å². The molecule has 2 saturated carbocycles. The Labute approximate surface area is 146 Å². The average molecular weight is 407 g/mol. The highest BCUT2D eigenvalue weighted by Crippen LogP contribution is 2.31. The third-order valence-corrected chi connectivity index (χ3v) is 4.74. The van der Waals surface area contributed by atoms with Gasteiger partial charge in [0.05, 0.1) is 6.10 Å². The van der Waals surface area contributed by atoms with Crippen molar-refractivity contribution in [1.29, 1.82) is 0 Å². The van der Waals surface area contributed by atoms with Crippen molar-refractivity contribution < 1.29 is 4.74 Å². The number of nitrogens with zero attached hydrogens (tertiary/aromatic N) is 2. The molecule has 0 radical (unpaired) electrons. The normalized spacial score (nSPS) is 30.0. The first-order valence-electron chi connectivity index (χ1n) is 8.43. The number of rotatable bonds is 5. The van der Waals surface area contributed by atoms with E-state index in [0.717, 1.165) is 56.9 Å². The first kappa shape index (κ1) is 17.3. The van der Waals surface area contributed by atoms with Gasteiger partial charge in [0, 0.05) is 32.3 Å². The van der Waals surface area contributed by atoms with Crippen LogP contribution in [0.2, 0.25) is 0 Å². The zero-order valence-corrected chi connectivity index (χ0v) is 15.7. The van der Waals surface area contributed by atoms with Crippen LogP contribution in [0.1, 0.15) is 46.0 Å². The summed E-state index contributed by atoms with van der Waals surface area (Å²) in [4.78, 5) is 7.08. The fraction of sp³-hybridized carbons (Fsp3) is 0.938. The van der Waals surface area contributed by atoms with E-state index in [0.29, 0.717) is 12.1 Å². The Morgan fingerprint density at radius 1 is 1.24 bits per heavy atom. The molecule has 21 heavy (non-hydrogen) atoms. The molecule has 3 aliphatic rings. The predicted molar refractivity (Wildman–Crippen MR) is 97.4 cm³/mol. The van der Waals surface area contributed by atoms with Crippen molar-refractivity contribution in [2.75, 3.05) is 26.2 Å². The lowest BCUT2D eigenvalue weighted by Gasteiger charge is -2.34. The molecule has 1 heterocycles. The molecule has 2 unspecified atom stereocenters. The van der Waals surface area contributed by atoms with Crippen LogP contribution in [0, 0.1) is 11.8 Å². The number of aliphatic imine (C=N–C) groups is 1. The van der Waals surface area contributed by atoms with Crippen molar-refractivity contribution in [1.82, 2.24) is 10.2 Å². The zero-order chi connectivity index (χ0) is 13.9. The minimum absolute atomic E-state index is 0. The van der Waals surface area contributed by atoms with Crippen molar-refractivity contribution in [3.63, 3.8) is 0 Å². The van der Waals surface area contributed by atoms with Gasteiger partial charge in [0.1, 0.15) is 0 Å². The molecule has 0 amide bonds. The molecule has 4 nitrogen and oxygen atoms in total. The molecule has 3 rings (SSSR count). The number of hydrogen-bond donors (Lipinski definition) is 1. The maximum Gasteiger partial charge on any atom is 0.194 e. The summed E-state index contributed by atoms with van der Waals surface area (Å²) in [6.45, 7) is 8.45. The number of piperidine rings is 1. The largest absolute Gasteiger partial charge is 0.378 e. The van der Waals surface area contributed by atoms with Gasteiger partial charge in [0.15, 0.2) is 5.96 Å². The van der Waals surface area contributed by atoms with Crippen LogP contribution in [0.3, 0.4) is 0 Å². The first-order chi connectivity index (χ1) is 9.76. The summed E-state index contributed by atoms with van der Waals surface area (Å²) >= 11 is 0. The van der Waals surface area contributed by atoms with Gasteiger partial charge < -0.3 is 15.0 Å². The van der Waals surface area contributed by atoms with E-state index in [2.05, 4.69) is 29.1 Å². The van der Waals surface area contributed by atoms with Crippen LogP contribution in [0.4, 0.5) is 0 Å². The number of guanidine groups is 1. The third-order valence-electron chi connectivity index (χ3n) is 4.74. The maximum absolute atomic E-state index is 6.02. The van der Waals surface area contributed by atoms with Crippen LogP contribution in [0.15, 0.2) is 4.99 Å². The zero-order valence-electron chi connectivity index (χ0n) is 13.4. The van der Waals surface area contributed by atoms with Gasteiger partial charge in [-0.3, -0.25) is 4.99 Å². The van der Waals surface area contributed by atoms with Crippen molar-refractivity contribution in [2.45, 2.75) is 58.1 Å². The Morgan fingerprint density at radius 2 is 1.90 bits per heavy atom. The SMILES string of the molecule is CCN=C(NC1CC1C)N1CCC(OCC2CC2)CC1.I. The van der Waals surface area contributed by atoms with Gasteiger partial charge in [-0.2, -0.15) is 0 Å². The summed E-state index contributed by atoms with van der Waals surface area (Å²) in [5, 5.41) is 3.62. The van der Waals surface area contributed by atoms with E-state index in [9.17, 15) is 0 Å². The van der Waals surface area contributed by atoms with Crippen LogP contribution < -0.4 is 5.32 Å². The minimum Gasteiger partial charge on any atom is -0.378 e. The van der Waals surface area contributed by atoms with E-state index >= 15 is 0 Å². The van der Waals surface area contributed by atoms with Gasteiger partial charge in [-0.1, -0.05) is 6.92 Å². The standard InChI is InChI=1S/C16H29N3O.HI/c1-3-17-16(18-15-10-12(15)2)19-8-6-14(7-9-19)20-11-13-4-5-13;/h12-15H,3-11H2,1-2H3,(H,17,18);1H. The van der Waals surface area contributed by atoms with E-state index in [1.54, 1.807) is 0 Å². The highest BCUT2D eigenvalue weighted by Gasteiger charge is 2.35. The molecule has 1 N–H and O–H groups in total. The molecule has 2 atom stereocenters. The Balaban J connectivity index is 0.00000161. The lowest BCUT2D eigenvalue weighted by atomic mass is 10.1. The van der Waals surface area contributed by atoms with E-state index in [4.69, 9.17) is 4.74 Å². The molecule has 0 aromatic rings. The van der Waals surface area contributed by atoms with Crippen LogP contribution in [0.5, 0.6) is 0 Å². The molecule has 2 aliphatic carbocycles. The Hall–Kier alpha value is -0.0400. The van der Waals surface area contributed by atoms with Gasteiger partial charge >= 0.3 is 0 Å². The second-order valence-electron chi connectivity index (χ2n) is 6.72. The van der Waals surface area contributed by atoms with Crippen LogP contribution >= 0.6 is 24.0 Å². The molecule has 0 bridgehead atoms. The molecule has 122 valence electrons. The van der Waals surface area contributed by atoms with Crippen LogP contribution in [0.25, 0.3) is 0 Å². The molecule has 0 spiro atoms. The number of halogens is 1. The quantitative estimate of drug-likeness (QED) is 0.433. The molecule has 1 aliphatic heterocycles. The van der Waals surface area contributed by atoms with Gasteiger partial charge in [-0.25, -0.2) is 0 Å². The minimum atomic E-state index is 0. The summed E-state index contributed by atoms with van der Waals surface area (Å²) in [6, 6.07) is 0.657. The van der Waals surface area contributed by atoms with Gasteiger partial charge in [0.25, 0.3) is 0 Å². The number of ether oxygens (including phenoxy) is 1. The van der Waals surface area contributed by atoms with Gasteiger partial charge in [0.2, 0.25) is 0 Å². The second kappa shape index (κ2) is 7.99. The summed E-state index contributed by atoms with van der Waals surface area (Å²) in [6.07, 6.45) is 6.85. The summed E-state index contributed by atoms with van der Waals surface area (Å²) < 4.78 is 6.02. The first-order valence-corrected chi connectivity index (χ1v) is 8.43. The smallest absolute Gasteiger partial charge is 0.194 e. The van der Waals surface area contributed by atoms with Crippen LogP contribution in [-0.2, 0) is 4.74 Å². The molecular formula is C16H30IN3O. The highest BCUT2D eigenvalue weighted by atomic mass is 127. The predicted octanol–water partition coefficient (Wildman–Crippen LogP) is 2.87. The number of hydrogen-bond acceptors (Lipinski definition) is 2. The van der Waals surface area contributed by atoms with E-state index in [-0.39, 0.29) is 24.0 Å². The van der Waals surface area contributed by atoms with Crippen molar-refractivity contribution in [2.24, 2.45) is 16.8 Å². The fourth-order valence-electron chi connectivity index (χ4n) is 2.87. The maximum atomic E-state index is 6.02. The van der Waals surface area contributed by atoms with E-state index < -0.39 is 0 Å². The van der Waals surface area contributed by atoms with Crippen LogP contribution in [-0.4, -0.2) is 49.2 Å². The lowest BCUT2D eigenvalue weighted by molar-refractivity contribution is 0.0130. The van der Waals surface area contributed by atoms with Gasteiger partial charge in [-0.05, 0) is 50.9 Å². The number of nitrogens with one attached hydrogen (secondary N) is 1.